The van der Waals surface area contributed by atoms with Crippen LogP contribution >= 0.6 is 0 Å². The van der Waals surface area contributed by atoms with Crippen LogP contribution in [0, 0.1) is 23.0 Å². The lowest BCUT2D eigenvalue weighted by Crippen LogP contribution is -2.38. The number of piperidine rings is 1. The fourth-order valence-corrected chi connectivity index (χ4v) is 3.28. The summed E-state index contributed by atoms with van der Waals surface area (Å²) in [7, 11) is 0. The van der Waals surface area contributed by atoms with Gasteiger partial charge in [-0.1, -0.05) is 6.07 Å². The summed E-state index contributed by atoms with van der Waals surface area (Å²) in [6.07, 6.45) is 4.78. The molecule has 1 aliphatic heterocycles. The first kappa shape index (κ1) is 17.9. The van der Waals surface area contributed by atoms with Crippen molar-refractivity contribution in [2.75, 3.05) is 23.3 Å². The maximum atomic E-state index is 12.5. The molecular formula is C18H23N5O3. The first-order valence-electron chi connectivity index (χ1n) is 8.81. The van der Waals surface area contributed by atoms with Crippen LogP contribution in [0.2, 0.25) is 0 Å². The van der Waals surface area contributed by atoms with Crippen LogP contribution in [0.15, 0.2) is 30.6 Å². The third-order valence-corrected chi connectivity index (χ3v) is 4.76. The first-order valence-corrected chi connectivity index (χ1v) is 8.81. The second-order valence-corrected chi connectivity index (χ2v) is 6.58. The van der Waals surface area contributed by atoms with E-state index in [-0.39, 0.29) is 22.4 Å². The number of carbonyl (C=O) groups is 1. The molecule has 26 heavy (non-hydrogen) atoms. The van der Waals surface area contributed by atoms with E-state index >= 15 is 0 Å². The topological polar surface area (TPSA) is 93.3 Å². The fourth-order valence-electron chi connectivity index (χ4n) is 3.28. The van der Waals surface area contributed by atoms with Gasteiger partial charge in [-0.05, 0) is 38.3 Å². The predicted octanol–water partition coefficient (Wildman–Crippen LogP) is 2.97. The number of nitrogens with one attached hydrogen (secondary N) is 1. The van der Waals surface area contributed by atoms with E-state index in [1.165, 1.54) is 0 Å². The summed E-state index contributed by atoms with van der Waals surface area (Å²) in [5.41, 5.74) is 2.32. The Bertz CT molecular complexity index is 809. The molecule has 1 aromatic carbocycles. The molecule has 1 N–H and O–H groups in total. The van der Waals surface area contributed by atoms with Crippen LogP contribution in [0.3, 0.4) is 0 Å². The Morgan fingerprint density at radius 1 is 1.38 bits per heavy atom. The SMILES string of the molecule is CCn1cc(NC(=O)C2CCN(c3ccc(C)cc3[N+](=O)[O-])CC2)cn1. The van der Waals surface area contributed by atoms with Crippen molar-refractivity contribution in [3.63, 3.8) is 0 Å². The molecule has 1 aromatic heterocycles. The third-order valence-electron chi connectivity index (χ3n) is 4.76. The number of rotatable bonds is 5. The average molecular weight is 357 g/mol. The monoisotopic (exact) mass is 357 g/mol. The van der Waals surface area contributed by atoms with E-state index in [0.717, 1.165) is 12.1 Å². The highest BCUT2D eigenvalue weighted by molar-refractivity contribution is 5.92. The highest BCUT2D eigenvalue weighted by Crippen LogP contribution is 2.32. The zero-order chi connectivity index (χ0) is 18.7. The number of hydrogen-bond donors (Lipinski definition) is 1. The summed E-state index contributed by atoms with van der Waals surface area (Å²) in [5, 5.41) is 18.4. The number of benzene rings is 1. The summed E-state index contributed by atoms with van der Waals surface area (Å²) in [6, 6.07) is 5.28. The van der Waals surface area contributed by atoms with Gasteiger partial charge in [0.25, 0.3) is 5.69 Å². The fraction of sp³-hybridized carbons (Fsp3) is 0.444. The van der Waals surface area contributed by atoms with Gasteiger partial charge in [-0.3, -0.25) is 19.6 Å². The molecule has 0 unspecified atom stereocenters. The zero-order valence-electron chi connectivity index (χ0n) is 15.0. The lowest BCUT2D eigenvalue weighted by atomic mass is 9.95. The van der Waals surface area contributed by atoms with E-state index in [0.29, 0.717) is 37.3 Å². The van der Waals surface area contributed by atoms with E-state index in [9.17, 15) is 14.9 Å². The molecule has 0 bridgehead atoms. The van der Waals surface area contributed by atoms with Gasteiger partial charge in [0, 0.05) is 37.8 Å². The van der Waals surface area contributed by atoms with Crippen molar-refractivity contribution < 1.29 is 9.72 Å². The maximum absolute atomic E-state index is 12.5. The molecule has 0 atom stereocenters. The van der Waals surface area contributed by atoms with Gasteiger partial charge >= 0.3 is 0 Å². The predicted molar refractivity (Wildman–Crippen MR) is 99.3 cm³/mol. The van der Waals surface area contributed by atoms with Crippen LogP contribution in [0.4, 0.5) is 17.1 Å². The second kappa shape index (κ2) is 7.55. The Morgan fingerprint density at radius 3 is 2.73 bits per heavy atom. The summed E-state index contributed by atoms with van der Waals surface area (Å²) >= 11 is 0. The molecule has 1 amide bonds. The highest BCUT2D eigenvalue weighted by atomic mass is 16.6. The largest absolute Gasteiger partial charge is 0.366 e. The average Bonchev–Trinajstić information content (AvgIpc) is 3.09. The standard InChI is InChI=1S/C18H23N5O3/c1-3-22-12-15(11-19-22)20-18(24)14-6-8-21(9-7-14)16-5-4-13(2)10-17(16)23(25)26/h4-5,10-12,14H,3,6-9H2,1-2H3,(H,20,24). The second-order valence-electron chi connectivity index (χ2n) is 6.58. The number of nitro benzene ring substituents is 1. The summed E-state index contributed by atoms with van der Waals surface area (Å²) in [5.74, 6) is -0.112. The number of nitro groups is 1. The number of nitrogens with zero attached hydrogens (tertiary/aromatic N) is 4. The molecule has 8 heteroatoms. The number of carbonyl (C=O) groups excluding carboxylic acids is 1. The molecule has 0 spiro atoms. The summed E-state index contributed by atoms with van der Waals surface area (Å²) in [4.78, 5) is 25.4. The highest BCUT2D eigenvalue weighted by Gasteiger charge is 2.28. The van der Waals surface area contributed by atoms with Crippen LogP contribution < -0.4 is 10.2 Å². The summed E-state index contributed by atoms with van der Waals surface area (Å²) in [6.45, 7) is 5.82. The quantitative estimate of drug-likeness (QED) is 0.656. The Labute approximate surface area is 151 Å². The van der Waals surface area contributed by atoms with E-state index in [2.05, 4.69) is 10.4 Å². The Kier molecular flexibility index (Phi) is 5.20. The lowest BCUT2D eigenvalue weighted by molar-refractivity contribution is -0.384. The minimum absolute atomic E-state index is 0.0151. The van der Waals surface area contributed by atoms with Crippen molar-refractivity contribution in [1.29, 1.82) is 0 Å². The van der Waals surface area contributed by atoms with Crippen LogP contribution in [-0.2, 0) is 11.3 Å². The van der Waals surface area contributed by atoms with E-state index in [4.69, 9.17) is 0 Å². The molecule has 1 saturated heterocycles. The Morgan fingerprint density at radius 2 is 2.12 bits per heavy atom. The number of aryl methyl sites for hydroxylation is 2. The Balaban J connectivity index is 1.62. The molecule has 8 nitrogen and oxygen atoms in total. The van der Waals surface area contributed by atoms with Gasteiger partial charge in [0.05, 0.1) is 16.8 Å². The molecule has 1 fully saturated rings. The lowest BCUT2D eigenvalue weighted by Gasteiger charge is -2.32. The minimum Gasteiger partial charge on any atom is -0.366 e. The van der Waals surface area contributed by atoms with Gasteiger partial charge in [0.1, 0.15) is 5.69 Å². The first-order chi connectivity index (χ1) is 12.5. The van der Waals surface area contributed by atoms with Crippen molar-refractivity contribution in [2.24, 2.45) is 5.92 Å². The van der Waals surface area contributed by atoms with Gasteiger partial charge in [-0.25, -0.2) is 0 Å². The molecule has 1 aliphatic rings. The van der Waals surface area contributed by atoms with Crippen molar-refractivity contribution in [1.82, 2.24) is 9.78 Å². The van der Waals surface area contributed by atoms with Gasteiger partial charge in [0.2, 0.25) is 5.91 Å². The van der Waals surface area contributed by atoms with Crippen molar-refractivity contribution in [3.8, 4) is 0 Å². The van der Waals surface area contributed by atoms with Gasteiger partial charge in [-0.15, -0.1) is 0 Å². The molecule has 2 heterocycles. The smallest absolute Gasteiger partial charge is 0.292 e. The normalized spacial score (nSPS) is 15.1. The van der Waals surface area contributed by atoms with Gasteiger partial charge < -0.3 is 10.2 Å². The van der Waals surface area contributed by atoms with E-state index in [1.54, 1.807) is 23.0 Å². The van der Waals surface area contributed by atoms with Crippen LogP contribution in [0.25, 0.3) is 0 Å². The molecule has 0 aliphatic carbocycles. The number of amides is 1. The minimum atomic E-state index is -0.341. The number of anilines is 2. The van der Waals surface area contributed by atoms with Crippen molar-refractivity contribution in [3.05, 3.63) is 46.3 Å². The maximum Gasteiger partial charge on any atom is 0.292 e. The third kappa shape index (κ3) is 3.84. The van der Waals surface area contributed by atoms with Crippen LogP contribution in [0.1, 0.15) is 25.3 Å². The summed E-state index contributed by atoms with van der Waals surface area (Å²) < 4.78 is 1.76. The molecule has 2 aromatic rings. The molecule has 138 valence electrons. The van der Waals surface area contributed by atoms with Crippen LogP contribution in [0.5, 0.6) is 0 Å². The molecule has 3 rings (SSSR count). The van der Waals surface area contributed by atoms with Crippen molar-refractivity contribution >= 4 is 23.0 Å². The van der Waals surface area contributed by atoms with E-state index < -0.39 is 0 Å². The van der Waals surface area contributed by atoms with Gasteiger partial charge in [-0.2, -0.15) is 5.10 Å². The zero-order valence-corrected chi connectivity index (χ0v) is 15.0. The number of aromatic nitrogens is 2. The molecule has 0 saturated carbocycles. The van der Waals surface area contributed by atoms with Crippen molar-refractivity contribution in [2.45, 2.75) is 33.2 Å². The Hall–Kier alpha value is -2.90. The molecule has 0 radical (unpaired) electrons. The van der Waals surface area contributed by atoms with Gasteiger partial charge in [0.15, 0.2) is 0 Å². The number of hydrogen-bond acceptors (Lipinski definition) is 5. The van der Waals surface area contributed by atoms with Crippen LogP contribution in [-0.4, -0.2) is 33.7 Å². The molecular weight excluding hydrogens is 334 g/mol. The van der Waals surface area contributed by atoms with E-state index in [1.807, 2.05) is 31.0 Å².